The van der Waals surface area contributed by atoms with E-state index in [0.29, 0.717) is 11.1 Å². The zero-order valence-corrected chi connectivity index (χ0v) is 12.6. The van der Waals surface area contributed by atoms with Crippen LogP contribution in [-0.4, -0.2) is 34.3 Å². The molecule has 0 saturated carbocycles. The first-order valence-corrected chi connectivity index (χ1v) is 7.32. The van der Waals surface area contributed by atoms with Crippen molar-refractivity contribution in [3.63, 3.8) is 0 Å². The predicted octanol–water partition coefficient (Wildman–Crippen LogP) is 2.85. The van der Waals surface area contributed by atoms with Crippen LogP contribution in [0, 0.1) is 5.92 Å². The SMILES string of the molecule is CC(C)c1nc(Cl)cc(N2CCC(C(C)O)CC2)n1. The van der Waals surface area contributed by atoms with E-state index in [4.69, 9.17) is 11.6 Å². The standard InChI is InChI=1S/C14H22ClN3O/c1-9(2)14-16-12(15)8-13(17-14)18-6-4-11(5-7-18)10(3)19/h8-11,19H,4-7H2,1-3H3. The van der Waals surface area contributed by atoms with Gasteiger partial charge in [-0.05, 0) is 25.7 Å². The zero-order valence-electron chi connectivity index (χ0n) is 11.8. The van der Waals surface area contributed by atoms with Crippen molar-refractivity contribution in [1.82, 2.24) is 9.97 Å². The van der Waals surface area contributed by atoms with E-state index in [-0.39, 0.29) is 12.0 Å². The molecule has 0 aromatic carbocycles. The first-order chi connectivity index (χ1) is 8.97. The minimum absolute atomic E-state index is 0.220. The fraction of sp³-hybridized carbons (Fsp3) is 0.714. The van der Waals surface area contributed by atoms with Crippen LogP contribution in [0.4, 0.5) is 5.82 Å². The highest BCUT2D eigenvalue weighted by atomic mass is 35.5. The fourth-order valence-corrected chi connectivity index (χ4v) is 2.64. The summed E-state index contributed by atoms with van der Waals surface area (Å²) in [6.45, 7) is 7.84. The normalized spacial score (nSPS) is 18.9. The molecule has 5 heteroatoms. The topological polar surface area (TPSA) is 49.2 Å². The van der Waals surface area contributed by atoms with E-state index in [1.807, 2.05) is 13.0 Å². The molecule has 0 radical (unpaired) electrons. The minimum atomic E-state index is -0.220. The molecule has 1 unspecified atom stereocenters. The van der Waals surface area contributed by atoms with Crippen molar-refractivity contribution < 1.29 is 5.11 Å². The van der Waals surface area contributed by atoms with Crippen LogP contribution < -0.4 is 4.90 Å². The van der Waals surface area contributed by atoms with Gasteiger partial charge in [0, 0.05) is 25.1 Å². The Kier molecular flexibility index (Phi) is 4.63. The Morgan fingerprint density at radius 3 is 2.42 bits per heavy atom. The third kappa shape index (κ3) is 3.57. The minimum Gasteiger partial charge on any atom is -0.393 e. The van der Waals surface area contributed by atoms with Crippen LogP contribution in [0.2, 0.25) is 5.15 Å². The fourth-order valence-electron chi connectivity index (χ4n) is 2.45. The van der Waals surface area contributed by atoms with Gasteiger partial charge in [-0.15, -0.1) is 0 Å². The van der Waals surface area contributed by atoms with E-state index in [1.165, 1.54) is 0 Å². The van der Waals surface area contributed by atoms with Crippen LogP contribution in [0.1, 0.15) is 45.4 Å². The lowest BCUT2D eigenvalue weighted by atomic mass is 9.92. The van der Waals surface area contributed by atoms with Crippen LogP contribution in [0.5, 0.6) is 0 Å². The average Bonchev–Trinajstić information content (AvgIpc) is 2.38. The van der Waals surface area contributed by atoms with Gasteiger partial charge in [-0.25, -0.2) is 9.97 Å². The number of hydrogen-bond acceptors (Lipinski definition) is 4. The third-order valence-electron chi connectivity index (χ3n) is 3.76. The number of halogens is 1. The molecule has 1 saturated heterocycles. The summed E-state index contributed by atoms with van der Waals surface area (Å²) >= 11 is 6.07. The van der Waals surface area contributed by atoms with Crippen molar-refractivity contribution in [3.05, 3.63) is 17.0 Å². The molecule has 4 nitrogen and oxygen atoms in total. The van der Waals surface area contributed by atoms with Crippen LogP contribution in [-0.2, 0) is 0 Å². The molecule has 1 aliphatic heterocycles. The van der Waals surface area contributed by atoms with Gasteiger partial charge in [0.1, 0.15) is 16.8 Å². The summed E-state index contributed by atoms with van der Waals surface area (Å²) in [6.07, 6.45) is 1.77. The van der Waals surface area contributed by atoms with E-state index in [0.717, 1.165) is 37.6 Å². The van der Waals surface area contributed by atoms with Crippen LogP contribution in [0.25, 0.3) is 0 Å². The predicted molar refractivity (Wildman–Crippen MR) is 77.7 cm³/mol. The second-order valence-electron chi connectivity index (χ2n) is 5.63. The van der Waals surface area contributed by atoms with Gasteiger partial charge in [-0.3, -0.25) is 0 Å². The number of piperidine rings is 1. The molecular formula is C14H22ClN3O. The largest absolute Gasteiger partial charge is 0.393 e. The highest BCUT2D eigenvalue weighted by Gasteiger charge is 2.24. The van der Waals surface area contributed by atoms with E-state index >= 15 is 0 Å². The van der Waals surface area contributed by atoms with Crippen molar-refractivity contribution in [3.8, 4) is 0 Å². The second kappa shape index (κ2) is 6.06. The van der Waals surface area contributed by atoms with Gasteiger partial charge in [0.15, 0.2) is 0 Å². The van der Waals surface area contributed by atoms with E-state index in [9.17, 15) is 5.11 Å². The summed E-state index contributed by atoms with van der Waals surface area (Å²) in [4.78, 5) is 11.1. The highest BCUT2D eigenvalue weighted by molar-refractivity contribution is 6.29. The number of aliphatic hydroxyl groups is 1. The lowest BCUT2D eigenvalue weighted by molar-refractivity contribution is 0.110. The van der Waals surface area contributed by atoms with Crippen molar-refractivity contribution in [2.45, 2.75) is 45.6 Å². The smallest absolute Gasteiger partial charge is 0.135 e. The highest BCUT2D eigenvalue weighted by Crippen LogP contribution is 2.26. The molecule has 2 rings (SSSR count). The summed E-state index contributed by atoms with van der Waals surface area (Å²) in [7, 11) is 0. The van der Waals surface area contributed by atoms with Gasteiger partial charge in [-0.2, -0.15) is 0 Å². The van der Waals surface area contributed by atoms with Gasteiger partial charge < -0.3 is 10.0 Å². The maximum Gasteiger partial charge on any atom is 0.135 e. The number of anilines is 1. The number of aliphatic hydroxyl groups excluding tert-OH is 1. The molecule has 0 spiro atoms. The maximum absolute atomic E-state index is 9.63. The Morgan fingerprint density at radius 2 is 1.89 bits per heavy atom. The van der Waals surface area contributed by atoms with Crippen molar-refractivity contribution in [2.24, 2.45) is 5.92 Å². The van der Waals surface area contributed by atoms with Crippen LogP contribution in [0.3, 0.4) is 0 Å². The lowest BCUT2D eigenvalue weighted by Gasteiger charge is -2.34. The molecule has 0 aliphatic carbocycles. The van der Waals surface area contributed by atoms with Crippen LogP contribution in [0.15, 0.2) is 6.07 Å². The summed E-state index contributed by atoms with van der Waals surface area (Å²) in [6, 6.07) is 1.83. The molecule has 1 fully saturated rings. The van der Waals surface area contributed by atoms with E-state index in [2.05, 4.69) is 28.7 Å². The molecule has 1 aromatic heterocycles. The second-order valence-corrected chi connectivity index (χ2v) is 6.01. The van der Waals surface area contributed by atoms with Gasteiger partial charge in [-0.1, -0.05) is 25.4 Å². The van der Waals surface area contributed by atoms with Crippen molar-refractivity contribution >= 4 is 17.4 Å². The first kappa shape index (κ1) is 14.5. The summed E-state index contributed by atoms with van der Waals surface area (Å²) in [5.74, 6) is 2.37. The quantitative estimate of drug-likeness (QED) is 0.867. The van der Waals surface area contributed by atoms with Crippen LogP contribution >= 0.6 is 11.6 Å². The van der Waals surface area contributed by atoms with E-state index < -0.39 is 0 Å². The molecule has 2 heterocycles. The molecule has 106 valence electrons. The number of rotatable bonds is 3. The lowest BCUT2D eigenvalue weighted by Crippen LogP contribution is -2.37. The average molecular weight is 284 g/mol. The Labute approximate surface area is 119 Å². The first-order valence-electron chi connectivity index (χ1n) is 6.95. The summed E-state index contributed by atoms with van der Waals surface area (Å²) in [5, 5.41) is 10.1. The van der Waals surface area contributed by atoms with E-state index in [1.54, 1.807) is 0 Å². The molecule has 0 amide bonds. The Hall–Kier alpha value is -0.870. The zero-order chi connectivity index (χ0) is 14.0. The summed E-state index contributed by atoms with van der Waals surface area (Å²) in [5.41, 5.74) is 0. The van der Waals surface area contributed by atoms with Gasteiger partial charge in [0.05, 0.1) is 6.10 Å². The molecule has 1 N–H and O–H groups in total. The van der Waals surface area contributed by atoms with Gasteiger partial charge >= 0.3 is 0 Å². The Bertz CT molecular complexity index is 429. The molecule has 19 heavy (non-hydrogen) atoms. The number of hydrogen-bond donors (Lipinski definition) is 1. The number of aromatic nitrogens is 2. The molecule has 0 bridgehead atoms. The molecular weight excluding hydrogens is 262 g/mol. The van der Waals surface area contributed by atoms with Gasteiger partial charge in [0.2, 0.25) is 0 Å². The molecule has 1 aromatic rings. The molecule has 1 aliphatic rings. The maximum atomic E-state index is 9.63. The number of nitrogens with zero attached hydrogens (tertiary/aromatic N) is 3. The third-order valence-corrected chi connectivity index (χ3v) is 3.95. The van der Waals surface area contributed by atoms with Crippen molar-refractivity contribution in [2.75, 3.05) is 18.0 Å². The van der Waals surface area contributed by atoms with Gasteiger partial charge in [0.25, 0.3) is 0 Å². The Morgan fingerprint density at radius 1 is 1.26 bits per heavy atom. The molecule has 1 atom stereocenters. The van der Waals surface area contributed by atoms with Crippen molar-refractivity contribution in [1.29, 1.82) is 0 Å². The summed E-state index contributed by atoms with van der Waals surface area (Å²) < 4.78 is 0. The monoisotopic (exact) mass is 283 g/mol. The Balaban J connectivity index is 2.11.